The highest BCUT2D eigenvalue weighted by molar-refractivity contribution is 5.49. The average Bonchev–Trinajstić information content (AvgIpc) is 3.44. The number of ether oxygens (including phenoxy) is 5. The van der Waals surface area contributed by atoms with E-state index in [4.69, 9.17) is 23.7 Å². The van der Waals surface area contributed by atoms with Gasteiger partial charge < -0.3 is 28.8 Å². The molecule has 0 saturated carbocycles. The fraction of sp³-hybridized carbons (Fsp3) is 0.429. The van der Waals surface area contributed by atoms with Crippen LogP contribution in [0.15, 0.2) is 42.5 Å². The average molecular weight is 370 g/mol. The molecule has 0 amide bonds. The molecular weight excluding hydrogens is 348 g/mol. The zero-order valence-corrected chi connectivity index (χ0v) is 15.1. The standard InChI is InChI=1S/C21H22O6/c1-23-14-7-5-13(6-8-14)21-19(22)16-10-9-15(12-17(16)26-20(21)27-21)25-18-4-2-3-11-24-18/h5-10,12,18-20,22H,2-4,11H2,1H3/t18-,19-,20-,21+/m1/s1. The number of benzene rings is 2. The molecule has 5 rings (SSSR count). The first kappa shape index (κ1) is 16.9. The number of fused-ring (bicyclic) bond motifs is 2. The molecule has 27 heavy (non-hydrogen) atoms. The molecular formula is C21H22O6. The van der Waals surface area contributed by atoms with Gasteiger partial charge in [0.05, 0.1) is 13.7 Å². The Hall–Kier alpha value is -2.28. The lowest BCUT2D eigenvalue weighted by molar-refractivity contribution is -0.106. The SMILES string of the molecule is COc1ccc([C@@]23O[C@H]2Oc2cc(O[C@@H]4CCCCO4)ccc2[C@H]3O)cc1. The number of epoxide rings is 1. The van der Waals surface area contributed by atoms with Crippen LogP contribution >= 0.6 is 0 Å². The van der Waals surface area contributed by atoms with E-state index in [0.717, 1.165) is 37.2 Å². The summed E-state index contributed by atoms with van der Waals surface area (Å²) in [5.74, 6) is 2.01. The Balaban J connectivity index is 1.39. The second-order valence-electron chi connectivity index (χ2n) is 7.11. The lowest BCUT2D eigenvalue weighted by atomic mass is 9.86. The molecule has 6 heteroatoms. The van der Waals surface area contributed by atoms with Gasteiger partial charge in [-0.1, -0.05) is 12.1 Å². The zero-order chi connectivity index (χ0) is 18.4. The molecule has 0 bridgehead atoms. The van der Waals surface area contributed by atoms with E-state index < -0.39 is 18.0 Å². The van der Waals surface area contributed by atoms with Gasteiger partial charge in [0.15, 0.2) is 11.9 Å². The van der Waals surface area contributed by atoms with Gasteiger partial charge in [0.2, 0.25) is 6.29 Å². The predicted molar refractivity (Wildman–Crippen MR) is 95.8 cm³/mol. The van der Waals surface area contributed by atoms with Gasteiger partial charge in [-0.2, -0.15) is 0 Å². The van der Waals surface area contributed by atoms with Gasteiger partial charge in [-0.15, -0.1) is 0 Å². The smallest absolute Gasteiger partial charge is 0.237 e. The molecule has 2 aromatic rings. The van der Waals surface area contributed by atoms with Gasteiger partial charge in [-0.3, -0.25) is 0 Å². The van der Waals surface area contributed by atoms with Crippen LogP contribution in [0.2, 0.25) is 0 Å². The highest BCUT2D eigenvalue weighted by atomic mass is 16.8. The maximum Gasteiger partial charge on any atom is 0.237 e. The van der Waals surface area contributed by atoms with Gasteiger partial charge in [0.25, 0.3) is 0 Å². The molecule has 0 spiro atoms. The minimum Gasteiger partial charge on any atom is -0.497 e. The van der Waals surface area contributed by atoms with E-state index in [-0.39, 0.29) is 6.29 Å². The van der Waals surface area contributed by atoms with Crippen LogP contribution in [0.3, 0.4) is 0 Å². The van der Waals surface area contributed by atoms with Crippen molar-refractivity contribution in [1.29, 1.82) is 0 Å². The van der Waals surface area contributed by atoms with E-state index in [1.807, 2.05) is 36.4 Å². The van der Waals surface area contributed by atoms with Gasteiger partial charge in [-0.25, -0.2) is 0 Å². The maximum atomic E-state index is 11.0. The van der Waals surface area contributed by atoms with E-state index >= 15 is 0 Å². The van der Waals surface area contributed by atoms with Crippen molar-refractivity contribution in [1.82, 2.24) is 0 Å². The molecule has 4 atom stereocenters. The molecule has 3 aliphatic rings. The number of hydrogen-bond donors (Lipinski definition) is 1. The summed E-state index contributed by atoms with van der Waals surface area (Å²) in [5.41, 5.74) is 0.688. The van der Waals surface area contributed by atoms with Crippen LogP contribution in [0.5, 0.6) is 17.2 Å². The van der Waals surface area contributed by atoms with Crippen LogP contribution < -0.4 is 14.2 Å². The second-order valence-corrected chi connectivity index (χ2v) is 7.11. The molecule has 2 aromatic carbocycles. The first-order valence-corrected chi connectivity index (χ1v) is 9.30. The summed E-state index contributed by atoms with van der Waals surface area (Å²) in [6.07, 6.45) is 1.50. The summed E-state index contributed by atoms with van der Waals surface area (Å²) in [6.45, 7) is 0.727. The number of aliphatic hydroxyl groups is 1. The van der Waals surface area contributed by atoms with Crippen LogP contribution in [-0.4, -0.2) is 31.4 Å². The topological polar surface area (TPSA) is 69.7 Å². The normalized spacial score (nSPS) is 31.3. The number of methoxy groups -OCH3 is 1. The Morgan fingerprint density at radius 2 is 1.89 bits per heavy atom. The summed E-state index contributed by atoms with van der Waals surface area (Å²) < 4.78 is 28.5. The number of rotatable bonds is 4. The van der Waals surface area contributed by atoms with Crippen molar-refractivity contribution in [3.05, 3.63) is 53.6 Å². The van der Waals surface area contributed by atoms with Crippen LogP contribution in [0, 0.1) is 0 Å². The second kappa shape index (κ2) is 6.41. The number of hydrogen-bond acceptors (Lipinski definition) is 6. The van der Waals surface area contributed by atoms with Crippen molar-refractivity contribution in [2.24, 2.45) is 0 Å². The maximum absolute atomic E-state index is 11.0. The molecule has 2 saturated heterocycles. The van der Waals surface area contributed by atoms with Gasteiger partial charge >= 0.3 is 0 Å². The molecule has 3 aliphatic heterocycles. The van der Waals surface area contributed by atoms with Gasteiger partial charge in [0, 0.05) is 18.1 Å². The summed E-state index contributed by atoms with van der Waals surface area (Å²) >= 11 is 0. The largest absolute Gasteiger partial charge is 0.497 e. The summed E-state index contributed by atoms with van der Waals surface area (Å²) in [7, 11) is 1.62. The summed E-state index contributed by atoms with van der Waals surface area (Å²) in [5, 5.41) is 11.0. The Morgan fingerprint density at radius 3 is 2.63 bits per heavy atom. The molecule has 142 valence electrons. The monoisotopic (exact) mass is 370 g/mol. The molecule has 3 heterocycles. The first-order chi connectivity index (χ1) is 13.2. The fourth-order valence-electron chi connectivity index (χ4n) is 3.88. The lowest BCUT2D eigenvalue weighted by Crippen LogP contribution is -2.30. The van der Waals surface area contributed by atoms with Crippen molar-refractivity contribution < 1.29 is 28.8 Å². The summed E-state index contributed by atoms with van der Waals surface area (Å²) in [6, 6.07) is 13.0. The minimum absolute atomic E-state index is 0.221. The van der Waals surface area contributed by atoms with E-state index in [1.54, 1.807) is 13.2 Å². The molecule has 0 aromatic heterocycles. The summed E-state index contributed by atoms with van der Waals surface area (Å²) in [4.78, 5) is 0. The third-order valence-corrected chi connectivity index (χ3v) is 5.46. The molecule has 0 radical (unpaired) electrons. The van der Waals surface area contributed by atoms with Gasteiger partial charge in [-0.05, 0) is 42.7 Å². The van der Waals surface area contributed by atoms with Crippen molar-refractivity contribution in [3.8, 4) is 17.2 Å². The fourth-order valence-corrected chi connectivity index (χ4v) is 3.88. The highest BCUT2D eigenvalue weighted by Gasteiger charge is 2.68. The quantitative estimate of drug-likeness (QED) is 0.833. The van der Waals surface area contributed by atoms with E-state index in [2.05, 4.69) is 0 Å². The van der Waals surface area contributed by atoms with Crippen molar-refractivity contribution in [2.45, 2.75) is 43.5 Å². The van der Waals surface area contributed by atoms with E-state index in [1.165, 1.54) is 0 Å². The lowest BCUT2D eigenvalue weighted by Gasteiger charge is -2.28. The molecule has 1 N–H and O–H groups in total. The van der Waals surface area contributed by atoms with Crippen LogP contribution in [0.4, 0.5) is 0 Å². The molecule has 0 unspecified atom stereocenters. The van der Waals surface area contributed by atoms with Crippen molar-refractivity contribution >= 4 is 0 Å². The van der Waals surface area contributed by atoms with Crippen LogP contribution in [0.1, 0.15) is 36.5 Å². The van der Waals surface area contributed by atoms with Gasteiger partial charge in [0.1, 0.15) is 23.4 Å². The Kier molecular flexibility index (Phi) is 4.00. The zero-order valence-electron chi connectivity index (χ0n) is 15.1. The third-order valence-electron chi connectivity index (χ3n) is 5.46. The van der Waals surface area contributed by atoms with Crippen LogP contribution in [0.25, 0.3) is 0 Å². The Labute approximate surface area is 157 Å². The van der Waals surface area contributed by atoms with Crippen molar-refractivity contribution in [2.75, 3.05) is 13.7 Å². The minimum atomic E-state index is -0.867. The Bertz CT molecular complexity index is 829. The molecule has 2 fully saturated rings. The van der Waals surface area contributed by atoms with Crippen LogP contribution in [-0.2, 0) is 15.1 Å². The Morgan fingerprint density at radius 1 is 1.07 bits per heavy atom. The van der Waals surface area contributed by atoms with Crippen molar-refractivity contribution in [3.63, 3.8) is 0 Å². The third kappa shape index (κ3) is 2.76. The highest BCUT2D eigenvalue weighted by Crippen LogP contribution is 2.60. The molecule has 6 nitrogen and oxygen atoms in total. The predicted octanol–water partition coefficient (Wildman–Crippen LogP) is 3.28. The number of aliphatic hydroxyl groups excluding tert-OH is 1. The first-order valence-electron chi connectivity index (χ1n) is 9.30. The molecule has 0 aliphatic carbocycles. The van der Waals surface area contributed by atoms with E-state index in [9.17, 15) is 5.11 Å². The van der Waals surface area contributed by atoms with E-state index in [0.29, 0.717) is 17.1 Å².